The first kappa shape index (κ1) is 20.9. The zero-order chi connectivity index (χ0) is 22.0. The molecule has 3 aromatic rings. The van der Waals surface area contributed by atoms with Crippen molar-refractivity contribution in [2.45, 2.75) is 51.9 Å². The highest BCUT2D eigenvalue weighted by Crippen LogP contribution is 2.40. The molecule has 0 radical (unpaired) electrons. The topological polar surface area (TPSA) is 60.5 Å². The quantitative estimate of drug-likeness (QED) is 0.564. The number of hydrogen-bond donors (Lipinski definition) is 1. The number of ether oxygens (including phenoxy) is 2. The number of pyridine rings is 1. The number of esters is 1. The van der Waals surface area contributed by atoms with Gasteiger partial charge in [0.05, 0.1) is 23.2 Å². The Morgan fingerprint density at radius 3 is 2.68 bits per heavy atom. The number of fused-ring (bicyclic) bond motifs is 2. The molecular weight excluding hydrogens is 388 g/mol. The van der Waals surface area contributed by atoms with Crippen LogP contribution in [0.5, 0.6) is 5.75 Å². The van der Waals surface area contributed by atoms with Gasteiger partial charge in [0.2, 0.25) is 0 Å². The van der Waals surface area contributed by atoms with Crippen molar-refractivity contribution in [2.24, 2.45) is 0 Å². The standard InChI is InChI=1S/C26H28N2O3/c1-17(2)31-25(29)26(3,4)19-11-12-23-22(14-19)24(28-20-9-7-13-27-15-20)21-10-6-5-8-18(21)16-30-23/h5-15,17,24,28H,16H2,1-4H3. The van der Waals surface area contributed by atoms with Gasteiger partial charge in [-0.3, -0.25) is 9.78 Å². The zero-order valence-electron chi connectivity index (χ0n) is 18.4. The van der Waals surface area contributed by atoms with Crippen LogP contribution in [0.4, 0.5) is 5.69 Å². The summed E-state index contributed by atoms with van der Waals surface area (Å²) >= 11 is 0. The van der Waals surface area contributed by atoms with E-state index in [1.807, 2.05) is 70.3 Å². The molecule has 0 bridgehead atoms. The number of benzene rings is 2. The lowest BCUT2D eigenvalue weighted by atomic mass is 9.82. The lowest BCUT2D eigenvalue weighted by Gasteiger charge is -2.27. The van der Waals surface area contributed by atoms with E-state index in [4.69, 9.17) is 9.47 Å². The van der Waals surface area contributed by atoms with Crippen LogP contribution in [0.15, 0.2) is 67.0 Å². The third-order valence-corrected chi connectivity index (χ3v) is 5.62. The molecule has 1 atom stereocenters. The molecule has 31 heavy (non-hydrogen) atoms. The van der Waals surface area contributed by atoms with Crippen molar-refractivity contribution in [3.63, 3.8) is 0 Å². The molecule has 0 spiro atoms. The van der Waals surface area contributed by atoms with Crippen LogP contribution in [-0.2, 0) is 21.6 Å². The van der Waals surface area contributed by atoms with E-state index < -0.39 is 5.41 Å². The Hall–Kier alpha value is -3.34. The predicted molar refractivity (Wildman–Crippen MR) is 121 cm³/mol. The van der Waals surface area contributed by atoms with Gasteiger partial charge in [0.15, 0.2) is 0 Å². The van der Waals surface area contributed by atoms with Gasteiger partial charge in [-0.1, -0.05) is 30.3 Å². The fourth-order valence-corrected chi connectivity index (χ4v) is 3.81. The fraction of sp³-hybridized carbons (Fsp3) is 0.308. The number of anilines is 1. The summed E-state index contributed by atoms with van der Waals surface area (Å²) in [6, 6.07) is 18.0. The van der Waals surface area contributed by atoms with Crippen LogP contribution in [-0.4, -0.2) is 17.1 Å². The molecule has 2 aromatic carbocycles. The second-order valence-electron chi connectivity index (χ2n) is 8.64. The van der Waals surface area contributed by atoms with E-state index in [1.165, 1.54) is 0 Å². The first-order valence-electron chi connectivity index (χ1n) is 10.6. The van der Waals surface area contributed by atoms with E-state index in [0.717, 1.165) is 33.7 Å². The Morgan fingerprint density at radius 1 is 1.13 bits per heavy atom. The minimum Gasteiger partial charge on any atom is -0.489 e. The zero-order valence-corrected chi connectivity index (χ0v) is 18.4. The molecule has 1 aliphatic heterocycles. The van der Waals surface area contributed by atoms with Crippen LogP contribution in [0, 0.1) is 0 Å². The Morgan fingerprint density at radius 2 is 1.94 bits per heavy atom. The van der Waals surface area contributed by atoms with Crippen molar-refractivity contribution in [3.8, 4) is 5.75 Å². The predicted octanol–water partition coefficient (Wildman–Crippen LogP) is 5.40. The third kappa shape index (κ3) is 4.26. The largest absolute Gasteiger partial charge is 0.489 e. The molecule has 2 heterocycles. The van der Waals surface area contributed by atoms with Crippen molar-refractivity contribution in [3.05, 3.63) is 89.2 Å². The number of nitrogens with one attached hydrogen (secondary N) is 1. The van der Waals surface area contributed by atoms with Gasteiger partial charge >= 0.3 is 5.97 Å². The van der Waals surface area contributed by atoms with Crippen molar-refractivity contribution in [1.29, 1.82) is 0 Å². The van der Waals surface area contributed by atoms with E-state index >= 15 is 0 Å². The maximum Gasteiger partial charge on any atom is 0.316 e. The average Bonchev–Trinajstić information content (AvgIpc) is 2.91. The lowest BCUT2D eigenvalue weighted by molar-refractivity contribution is -0.153. The van der Waals surface area contributed by atoms with Gasteiger partial charge in [0.25, 0.3) is 0 Å². The van der Waals surface area contributed by atoms with Gasteiger partial charge < -0.3 is 14.8 Å². The summed E-state index contributed by atoms with van der Waals surface area (Å²) in [6.45, 7) is 8.02. The summed E-state index contributed by atoms with van der Waals surface area (Å²) in [5.41, 5.74) is 4.27. The van der Waals surface area contributed by atoms with E-state index in [9.17, 15) is 4.79 Å². The van der Waals surface area contributed by atoms with Crippen molar-refractivity contribution >= 4 is 11.7 Å². The van der Waals surface area contributed by atoms with E-state index in [-0.39, 0.29) is 18.1 Å². The van der Waals surface area contributed by atoms with Gasteiger partial charge in [0.1, 0.15) is 12.4 Å². The summed E-state index contributed by atoms with van der Waals surface area (Å²) in [4.78, 5) is 17.0. The lowest BCUT2D eigenvalue weighted by Crippen LogP contribution is -2.33. The Bertz CT molecular complexity index is 1080. The van der Waals surface area contributed by atoms with E-state index in [2.05, 4.69) is 28.5 Å². The second-order valence-corrected chi connectivity index (χ2v) is 8.64. The molecule has 4 rings (SSSR count). The number of rotatable bonds is 5. The van der Waals surface area contributed by atoms with Crippen molar-refractivity contribution in [2.75, 3.05) is 5.32 Å². The van der Waals surface area contributed by atoms with E-state index in [1.54, 1.807) is 6.20 Å². The Balaban J connectivity index is 1.81. The highest BCUT2D eigenvalue weighted by atomic mass is 16.5. The highest BCUT2D eigenvalue weighted by molar-refractivity contribution is 5.82. The molecule has 5 nitrogen and oxygen atoms in total. The monoisotopic (exact) mass is 416 g/mol. The Labute approximate surface area is 183 Å². The number of aromatic nitrogens is 1. The summed E-state index contributed by atoms with van der Waals surface area (Å²) in [6.07, 6.45) is 3.40. The summed E-state index contributed by atoms with van der Waals surface area (Å²) in [5, 5.41) is 3.61. The fourth-order valence-electron chi connectivity index (χ4n) is 3.81. The van der Waals surface area contributed by atoms with Gasteiger partial charge in [0, 0.05) is 18.0 Å². The van der Waals surface area contributed by atoms with Crippen molar-refractivity contribution < 1.29 is 14.3 Å². The molecule has 0 saturated carbocycles. The van der Waals surface area contributed by atoms with Gasteiger partial charge in [-0.2, -0.15) is 0 Å². The van der Waals surface area contributed by atoms with Gasteiger partial charge in [-0.25, -0.2) is 0 Å². The van der Waals surface area contributed by atoms with Crippen LogP contribution in [0.2, 0.25) is 0 Å². The first-order chi connectivity index (χ1) is 14.9. The SMILES string of the molecule is CC(C)OC(=O)C(C)(C)c1ccc2c(c1)C(Nc1cccnc1)c1ccccc1CO2. The number of carbonyl (C=O) groups is 1. The molecular formula is C26H28N2O3. The maximum atomic E-state index is 12.8. The second kappa shape index (κ2) is 8.42. The summed E-state index contributed by atoms with van der Waals surface area (Å²) in [5.74, 6) is 0.559. The molecule has 160 valence electrons. The van der Waals surface area contributed by atoms with E-state index in [0.29, 0.717) is 6.61 Å². The molecule has 1 aliphatic rings. The molecule has 1 N–H and O–H groups in total. The summed E-state index contributed by atoms with van der Waals surface area (Å²) in [7, 11) is 0. The van der Waals surface area contributed by atoms with Crippen molar-refractivity contribution in [1.82, 2.24) is 4.98 Å². The average molecular weight is 417 g/mol. The van der Waals surface area contributed by atoms with Gasteiger partial charge in [-0.05, 0) is 68.7 Å². The van der Waals surface area contributed by atoms with Crippen LogP contribution in [0.25, 0.3) is 0 Å². The molecule has 1 aromatic heterocycles. The summed E-state index contributed by atoms with van der Waals surface area (Å²) < 4.78 is 11.7. The minimum atomic E-state index is -0.788. The molecule has 0 aliphatic carbocycles. The number of carbonyl (C=O) groups excluding carboxylic acids is 1. The third-order valence-electron chi connectivity index (χ3n) is 5.62. The van der Waals surface area contributed by atoms with Gasteiger partial charge in [-0.15, -0.1) is 0 Å². The van der Waals surface area contributed by atoms with Crippen LogP contribution >= 0.6 is 0 Å². The Kier molecular flexibility index (Phi) is 5.68. The first-order valence-corrected chi connectivity index (χ1v) is 10.6. The van der Waals surface area contributed by atoms with Crippen LogP contribution < -0.4 is 10.1 Å². The molecule has 1 unspecified atom stereocenters. The number of nitrogens with zero attached hydrogens (tertiary/aromatic N) is 1. The molecule has 5 heteroatoms. The molecule has 0 amide bonds. The van der Waals surface area contributed by atoms with Crippen LogP contribution in [0.1, 0.15) is 56.0 Å². The smallest absolute Gasteiger partial charge is 0.316 e. The molecule has 0 fully saturated rings. The molecule has 0 saturated heterocycles. The minimum absolute atomic E-state index is 0.144. The normalized spacial score (nSPS) is 15.3. The van der Waals surface area contributed by atoms with Crippen LogP contribution in [0.3, 0.4) is 0 Å². The number of hydrogen-bond acceptors (Lipinski definition) is 5. The highest BCUT2D eigenvalue weighted by Gasteiger charge is 2.34. The maximum absolute atomic E-state index is 12.8.